The van der Waals surface area contributed by atoms with Gasteiger partial charge in [0.1, 0.15) is 0 Å². The summed E-state index contributed by atoms with van der Waals surface area (Å²) in [7, 11) is 0. The third-order valence-electron chi connectivity index (χ3n) is 4.12. The summed E-state index contributed by atoms with van der Waals surface area (Å²) in [6.45, 7) is 0. The Balaban J connectivity index is 1.53. The Kier molecular flexibility index (Phi) is 4.78. The van der Waals surface area contributed by atoms with E-state index in [1.165, 1.54) is 0 Å². The second-order valence-electron chi connectivity index (χ2n) is 5.92. The fourth-order valence-electron chi connectivity index (χ4n) is 2.84. The number of benzene rings is 2. The zero-order chi connectivity index (χ0) is 18.8. The lowest BCUT2D eigenvalue weighted by Crippen LogP contribution is -1.98. The van der Waals surface area contributed by atoms with Crippen LogP contribution in [0.2, 0.25) is 0 Å². The normalized spacial score (nSPS) is 11.0. The van der Waals surface area contributed by atoms with Gasteiger partial charge in [0.2, 0.25) is 5.16 Å². The Hall–Kier alpha value is -2.74. The number of thiophene rings is 1. The van der Waals surface area contributed by atoms with Crippen LogP contribution in [0.25, 0.3) is 27.6 Å². The molecule has 0 aliphatic heterocycles. The summed E-state index contributed by atoms with van der Waals surface area (Å²) in [5.74, 6) is 0.850. The van der Waals surface area contributed by atoms with Crippen molar-refractivity contribution in [3.63, 3.8) is 0 Å². The van der Waals surface area contributed by atoms with Gasteiger partial charge in [0.25, 0.3) is 0 Å². The lowest BCUT2D eigenvalue weighted by atomic mass is 10.2. The van der Waals surface area contributed by atoms with Crippen molar-refractivity contribution >= 4 is 34.4 Å². The largest absolute Gasteiger partial charge is 0.269 e. The first kappa shape index (κ1) is 17.4. The van der Waals surface area contributed by atoms with E-state index in [9.17, 15) is 0 Å². The smallest absolute Gasteiger partial charge is 0.203 e. The number of hydrogen-bond donors (Lipinski definition) is 0. The molecular formula is C21H14N4S3. The molecule has 0 aliphatic rings. The molecule has 0 radical (unpaired) electrons. The van der Waals surface area contributed by atoms with Gasteiger partial charge < -0.3 is 0 Å². The molecule has 0 unspecified atom stereocenters. The highest BCUT2D eigenvalue weighted by Gasteiger charge is 2.18. The molecule has 0 amide bonds. The Morgan fingerprint density at radius 2 is 1.57 bits per heavy atom. The van der Waals surface area contributed by atoms with Crippen molar-refractivity contribution in [3.05, 3.63) is 83.6 Å². The topological polar surface area (TPSA) is 43.6 Å². The van der Waals surface area contributed by atoms with Crippen LogP contribution in [0.3, 0.4) is 0 Å². The molecule has 0 saturated carbocycles. The van der Waals surface area contributed by atoms with Crippen LogP contribution in [0.5, 0.6) is 0 Å². The molecule has 3 aromatic heterocycles. The molecule has 3 heterocycles. The molecule has 0 spiro atoms. The minimum atomic E-state index is 0.809. The van der Waals surface area contributed by atoms with Crippen LogP contribution in [0.15, 0.2) is 93.1 Å². The third kappa shape index (κ3) is 3.40. The third-order valence-corrected chi connectivity index (χ3v) is 6.87. The van der Waals surface area contributed by atoms with Crippen molar-refractivity contribution in [3.8, 4) is 27.6 Å². The quantitative estimate of drug-likeness (QED) is 0.337. The predicted molar refractivity (Wildman–Crippen MR) is 116 cm³/mol. The highest BCUT2D eigenvalue weighted by atomic mass is 32.2. The summed E-state index contributed by atoms with van der Waals surface area (Å²) in [5, 5.41) is 13.9. The maximum absolute atomic E-state index is 4.79. The van der Waals surface area contributed by atoms with Crippen molar-refractivity contribution in [1.29, 1.82) is 0 Å². The summed E-state index contributed by atoms with van der Waals surface area (Å²) in [6, 6.07) is 24.5. The first-order valence-electron chi connectivity index (χ1n) is 8.62. The van der Waals surface area contributed by atoms with Gasteiger partial charge in [-0.3, -0.25) is 4.57 Å². The Labute approximate surface area is 174 Å². The molecule has 5 rings (SSSR count). The second kappa shape index (κ2) is 7.71. The van der Waals surface area contributed by atoms with E-state index in [-0.39, 0.29) is 0 Å². The summed E-state index contributed by atoms with van der Waals surface area (Å²) in [5.41, 5.74) is 3.14. The SMILES string of the molecule is c1ccc(-c2csc(Sc3nnc(-c4cccs4)n3-c3ccccc3)n2)cc1. The van der Waals surface area contributed by atoms with Crippen LogP contribution in [-0.4, -0.2) is 19.7 Å². The Morgan fingerprint density at radius 1 is 0.786 bits per heavy atom. The number of rotatable bonds is 5. The van der Waals surface area contributed by atoms with Gasteiger partial charge >= 0.3 is 0 Å². The van der Waals surface area contributed by atoms with Crippen LogP contribution in [-0.2, 0) is 0 Å². The summed E-state index contributed by atoms with van der Waals surface area (Å²) in [6.07, 6.45) is 0. The average Bonchev–Trinajstić information content (AvgIpc) is 3.50. The first-order chi connectivity index (χ1) is 13.9. The van der Waals surface area contributed by atoms with E-state index in [1.54, 1.807) is 34.4 Å². The zero-order valence-corrected chi connectivity index (χ0v) is 17.0. The number of aromatic nitrogens is 4. The number of nitrogens with zero attached hydrogens (tertiary/aromatic N) is 4. The monoisotopic (exact) mass is 418 g/mol. The van der Waals surface area contributed by atoms with Crippen LogP contribution in [0, 0.1) is 0 Å². The Morgan fingerprint density at radius 3 is 2.32 bits per heavy atom. The van der Waals surface area contributed by atoms with Crippen LogP contribution in [0.4, 0.5) is 0 Å². The molecule has 5 aromatic rings. The van der Waals surface area contributed by atoms with Crippen molar-refractivity contribution in [2.24, 2.45) is 0 Å². The fraction of sp³-hybridized carbons (Fsp3) is 0. The molecule has 136 valence electrons. The fourth-order valence-corrected chi connectivity index (χ4v) is 5.31. The van der Waals surface area contributed by atoms with E-state index in [2.05, 4.69) is 55.9 Å². The van der Waals surface area contributed by atoms with Gasteiger partial charge in [-0.05, 0) is 35.3 Å². The molecule has 7 heteroatoms. The van der Waals surface area contributed by atoms with E-state index >= 15 is 0 Å². The van der Waals surface area contributed by atoms with Crippen molar-refractivity contribution in [1.82, 2.24) is 19.7 Å². The molecule has 0 atom stereocenters. The molecule has 28 heavy (non-hydrogen) atoms. The number of hydrogen-bond acceptors (Lipinski definition) is 6. The van der Waals surface area contributed by atoms with E-state index < -0.39 is 0 Å². The summed E-state index contributed by atoms with van der Waals surface area (Å²) >= 11 is 4.83. The number of thiazole rings is 1. The molecule has 0 fully saturated rings. The molecule has 0 bridgehead atoms. The first-order valence-corrected chi connectivity index (χ1v) is 11.2. The van der Waals surface area contributed by atoms with E-state index in [0.29, 0.717) is 0 Å². The highest BCUT2D eigenvalue weighted by Crippen LogP contribution is 2.36. The molecule has 0 N–H and O–H groups in total. The average molecular weight is 419 g/mol. The van der Waals surface area contributed by atoms with Crippen molar-refractivity contribution in [2.75, 3.05) is 0 Å². The van der Waals surface area contributed by atoms with Crippen molar-refractivity contribution in [2.45, 2.75) is 9.50 Å². The molecular weight excluding hydrogens is 404 g/mol. The molecule has 0 saturated heterocycles. The van der Waals surface area contributed by atoms with Gasteiger partial charge in [-0.15, -0.1) is 32.9 Å². The maximum Gasteiger partial charge on any atom is 0.203 e. The minimum Gasteiger partial charge on any atom is -0.269 e. The lowest BCUT2D eigenvalue weighted by molar-refractivity contribution is 0.886. The minimum absolute atomic E-state index is 0.809. The van der Waals surface area contributed by atoms with E-state index in [1.807, 2.05) is 42.5 Å². The lowest BCUT2D eigenvalue weighted by Gasteiger charge is -2.08. The van der Waals surface area contributed by atoms with Gasteiger partial charge in [0.15, 0.2) is 10.2 Å². The van der Waals surface area contributed by atoms with Gasteiger partial charge in [-0.1, -0.05) is 54.6 Å². The zero-order valence-electron chi connectivity index (χ0n) is 14.6. The van der Waals surface area contributed by atoms with Crippen LogP contribution >= 0.6 is 34.4 Å². The van der Waals surface area contributed by atoms with E-state index in [4.69, 9.17) is 4.98 Å². The Bertz CT molecular complexity index is 1180. The second-order valence-corrected chi connectivity index (χ2v) is 8.94. The van der Waals surface area contributed by atoms with Gasteiger partial charge in [0, 0.05) is 16.6 Å². The maximum atomic E-state index is 4.79. The molecule has 2 aromatic carbocycles. The van der Waals surface area contributed by atoms with E-state index in [0.717, 1.165) is 37.1 Å². The highest BCUT2D eigenvalue weighted by molar-refractivity contribution is 8.00. The number of para-hydroxylation sites is 1. The van der Waals surface area contributed by atoms with Crippen molar-refractivity contribution < 1.29 is 0 Å². The molecule has 0 aliphatic carbocycles. The van der Waals surface area contributed by atoms with Gasteiger partial charge in [0.05, 0.1) is 10.6 Å². The van der Waals surface area contributed by atoms with Gasteiger partial charge in [-0.25, -0.2) is 4.98 Å². The summed E-state index contributed by atoms with van der Waals surface area (Å²) in [4.78, 5) is 5.88. The standard InChI is InChI=1S/C21H14N4S3/c1-3-8-15(9-4-1)17-14-27-21(22-17)28-20-24-23-19(18-12-7-13-26-18)25(20)16-10-5-2-6-11-16/h1-14H. The van der Waals surface area contributed by atoms with Crippen LogP contribution in [0.1, 0.15) is 0 Å². The molecule has 4 nitrogen and oxygen atoms in total. The summed E-state index contributed by atoms with van der Waals surface area (Å²) < 4.78 is 3.04. The van der Waals surface area contributed by atoms with Gasteiger partial charge in [-0.2, -0.15) is 0 Å². The van der Waals surface area contributed by atoms with Crippen LogP contribution < -0.4 is 0 Å². The predicted octanol–water partition coefficient (Wildman–Crippen LogP) is 6.27.